The van der Waals surface area contributed by atoms with Gasteiger partial charge in [0.25, 0.3) is 0 Å². The van der Waals surface area contributed by atoms with Crippen molar-refractivity contribution in [1.29, 1.82) is 0 Å². The van der Waals surface area contributed by atoms with Gasteiger partial charge in [-0.3, -0.25) is 4.79 Å². The minimum Gasteiger partial charge on any atom is -0.444 e. The second kappa shape index (κ2) is 9.55. The second-order valence-corrected chi connectivity index (χ2v) is 8.14. The molecule has 2 unspecified atom stereocenters. The van der Waals surface area contributed by atoms with Crippen molar-refractivity contribution in [1.82, 2.24) is 10.2 Å². The number of ether oxygens (including phenoxy) is 2. The average Bonchev–Trinajstić information content (AvgIpc) is 2.64. The van der Waals surface area contributed by atoms with Crippen LogP contribution in [-0.4, -0.2) is 53.6 Å². The van der Waals surface area contributed by atoms with E-state index in [0.717, 1.165) is 12.1 Å². The second-order valence-electron chi connectivity index (χ2n) is 8.14. The number of halogens is 3. The Kier molecular flexibility index (Phi) is 7.57. The van der Waals surface area contributed by atoms with Crippen molar-refractivity contribution < 1.29 is 37.3 Å². The summed E-state index contributed by atoms with van der Waals surface area (Å²) in [5.74, 6) is -1.13. The van der Waals surface area contributed by atoms with E-state index in [9.17, 15) is 27.9 Å². The summed E-state index contributed by atoms with van der Waals surface area (Å²) in [5.41, 5.74) is -0.291. The van der Waals surface area contributed by atoms with Crippen molar-refractivity contribution in [2.75, 3.05) is 19.6 Å². The summed E-state index contributed by atoms with van der Waals surface area (Å²) in [7, 11) is 0. The molecule has 1 aliphatic rings. The number of nitrogens with zero attached hydrogens (tertiary/aromatic N) is 1. The summed E-state index contributed by atoms with van der Waals surface area (Å²) in [4.78, 5) is 26.1. The molecule has 10 heteroatoms. The van der Waals surface area contributed by atoms with E-state index in [1.165, 1.54) is 17.0 Å². The molecule has 1 aromatic carbocycles. The highest BCUT2D eigenvalue weighted by atomic mass is 19.4. The van der Waals surface area contributed by atoms with E-state index in [0.29, 0.717) is 24.9 Å². The van der Waals surface area contributed by atoms with Gasteiger partial charge in [0.15, 0.2) is 0 Å². The van der Waals surface area contributed by atoms with Gasteiger partial charge in [0, 0.05) is 19.6 Å². The predicted octanol–water partition coefficient (Wildman–Crippen LogP) is 3.38. The van der Waals surface area contributed by atoms with E-state index >= 15 is 0 Å². The first kappa shape index (κ1) is 23.8. The highest BCUT2D eigenvalue weighted by Gasteiger charge is 2.32. The largest absolute Gasteiger partial charge is 0.573 e. The first-order chi connectivity index (χ1) is 13.8. The standard InChI is InChI=1S/C20H27F3N2O5/c1-19(2,3)30-18(28)25-10-4-5-14(12-25)17(27)24-11-16(26)13-6-8-15(9-7-13)29-20(21,22)23/h6-9,14,16,26H,4-5,10-12H2,1-3H3,(H,24,27). The molecule has 1 aliphatic heterocycles. The lowest BCUT2D eigenvalue weighted by Gasteiger charge is -2.33. The Labute approximate surface area is 173 Å². The fourth-order valence-corrected chi connectivity index (χ4v) is 3.03. The van der Waals surface area contributed by atoms with Crippen LogP contribution >= 0.6 is 0 Å². The first-order valence-electron chi connectivity index (χ1n) is 9.63. The van der Waals surface area contributed by atoms with Crippen molar-refractivity contribution in [3.63, 3.8) is 0 Å². The highest BCUT2D eigenvalue weighted by Crippen LogP contribution is 2.24. The first-order valence-corrected chi connectivity index (χ1v) is 9.63. The molecule has 168 valence electrons. The van der Waals surface area contributed by atoms with E-state index in [1.807, 2.05) is 0 Å². The zero-order valence-electron chi connectivity index (χ0n) is 17.2. The maximum absolute atomic E-state index is 12.5. The number of piperidine rings is 1. The number of alkyl halides is 3. The number of nitrogens with one attached hydrogen (secondary N) is 1. The number of aliphatic hydroxyl groups excluding tert-OH is 1. The molecule has 1 saturated heterocycles. The van der Waals surface area contributed by atoms with Gasteiger partial charge >= 0.3 is 12.5 Å². The number of carbonyl (C=O) groups excluding carboxylic acids is 2. The number of hydrogen-bond acceptors (Lipinski definition) is 5. The Morgan fingerprint density at radius 3 is 2.43 bits per heavy atom. The van der Waals surface area contributed by atoms with E-state index in [4.69, 9.17) is 4.74 Å². The molecular weight excluding hydrogens is 405 g/mol. The van der Waals surface area contributed by atoms with Crippen molar-refractivity contribution in [3.8, 4) is 5.75 Å². The molecule has 0 saturated carbocycles. The molecule has 7 nitrogen and oxygen atoms in total. The molecule has 1 fully saturated rings. The fourth-order valence-electron chi connectivity index (χ4n) is 3.03. The van der Waals surface area contributed by atoms with Crippen LogP contribution in [0.3, 0.4) is 0 Å². The molecule has 0 radical (unpaired) electrons. The third-order valence-electron chi connectivity index (χ3n) is 4.41. The highest BCUT2D eigenvalue weighted by molar-refractivity contribution is 5.80. The smallest absolute Gasteiger partial charge is 0.444 e. The van der Waals surface area contributed by atoms with Crippen LogP contribution in [0.2, 0.25) is 0 Å². The number of benzene rings is 1. The van der Waals surface area contributed by atoms with Gasteiger partial charge in [0.2, 0.25) is 5.91 Å². The maximum atomic E-state index is 12.5. The Hall–Kier alpha value is -2.49. The lowest BCUT2D eigenvalue weighted by molar-refractivity contribution is -0.274. The van der Waals surface area contributed by atoms with E-state index < -0.39 is 35.8 Å². The summed E-state index contributed by atoms with van der Waals surface area (Å²) in [6.07, 6.45) is -5.10. The minimum atomic E-state index is -4.79. The van der Waals surface area contributed by atoms with Crippen molar-refractivity contribution in [3.05, 3.63) is 29.8 Å². The molecule has 30 heavy (non-hydrogen) atoms. The molecule has 0 spiro atoms. The van der Waals surface area contributed by atoms with Crippen molar-refractivity contribution in [2.24, 2.45) is 5.92 Å². The lowest BCUT2D eigenvalue weighted by atomic mass is 9.97. The van der Waals surface area contributed by atoms with E-state index in [2.05, 4.69) is 10.1 Å². The normalized spacial score (nSPS) is 18.5. The quantitative estimate of drug-likeness (QED) is 0.745. The molecule has 2 atom stereocenters. The van der Waals surface area contributed by atoms with Crippen LogP contribution in [-0.2, 0) is 9.53 Å². The zero-order chi connectivity index (χ0) is 22.5. The molecule has 2 rings (SSSR count). The number of carbonyl (C=O) groups is 2. The zero-order valence-corrected chi connectivity index (χ0v) is 17.2. The molecule has 2 N–H and O–H groups in total. The van der Waals surface area contributed by atoms with Crippen LogP contribution in [0.4, 0.5) is 18.0 Å². The van der Waals surface area contributed by atoms with Gasteiger partial charge in [-0.05, 0) is 51.3 Å². The van der Waals surface area contributed by atoms with E-state index in [1.54, 1.807) is 20.8 Å². The Morgan fingerprint density at radius 1 is 1.23 bits per heavy atom. The topological polar surface area (TPSA) is 88.1 Å². The number of hydrogen-bond donors (Lipinski definition) is 2. The van der Waals surface area contributed by atoms with Crippen LogP contribution in [0.5, 0.6) is 5.75 Å². The van der Waals surface area contributed by atoms with Gasteiger partial charge in [0.05, 0.1) is 12.0 Å². The summed E-state index contributed by atoms with van der Waals surface area (Å²) < 4.78 is 45.7. The Bertz CT molecular complexity index is 731. The van der Waals surface area contributed by atoms with Crippen LogP contribution < -0.4 is 10.1 Å². The molecule has 2 amide bonds. The van der Waals surface area contributed by atoms with Gasteiger partial charge in [-0.25, -0.2) is 4.79 Å². The Morgan fingerprint density at radius 2 is 1.87 bits per heavy atom. The summed E-state index contributed by atoms with van der Waals surface area (Å²) in [5, 5.41) is 12.8. The number of rotatable bonds is 5. The SMILES string of the molecule is CC(C)(C)OC(=O)N1CCCC(C(=O)NCC(O)c2ccc(OC(F)(F)F)cc2)C1. The molecule has 0 aliphatic carbocycles. The van der Waals surface area contributed by atoms with Crippen LogP contribution in [0.15, 0.2) is 24.3 Å². The Balaban J connectivity index is 1.85. The van der Waals surface area contributed by atoms with Crippen molar-refractivity contribution >= 4 is 12.0 Å². The average molecular weight is 432 g/mol. The lowest BCUT2D eigenvalue weighted by Crippen LogP contribution is -2.47. The number of amides is 2. The van der Waals surface area contributed by atoms with Gasteiger partial charge in [0.1, 0.15) is 11.4 Å². The maximum Gasteiger partial charge on any atom is 0.573 e. The van der Waals surface area contributed by atoms with Crippen LogP contribution in [0.25, 0.3) is 0 Å². The summed E-state index contributed by atoms with van der Waals surface area (Å²) in [6.45, 7) is 5.92. The fraction of sp³-hybridized carbons (Fsp3) is 0.600. The molecule has 1 heterocycles. The molecule has 0 bridgehead atoms. The number of likely N-dealkylation sites (tertiary alicyclic amines) is 1. The van der Waals surface area contributed by atoms with Gasteiger partial charge < -0.3 is 24.8 Å². The third kappa shape index (κ3) is 7.74. The molecule has 0 aromatic heterocycles. The third-order valence-corrected chi connectivity index (χ3v) is 4.41. The summed E-state index contributed by atoms with van der Waals surface area (Å²) in [6, 6.07) is 4.77. The van der Waals surface area contributed by atoms with Gasteiger partial charge in [-0.15, -0.1) is 13.2 Å². The molecule has 1 aromatic rings. The minimum absolute atomic E-state index is 0.110. The van der Waals surface area contributed by atoms with Crippen LogP contribution in [0.1, 0.15) is 45.3 Å². The van der Waals surface area contributed by atoms with Gasteiger partial charge in [-0.2, -0.15) is 0 Å². The summed E-state index contributed by atoms with van der Waals surface area (Å²) >= 11 is 0. The van der Waals surface area contributed by atoms with Crippen LogP contribution in [0, 0.1) is 5.92 Å². The van der Waals surface area contributed by atoms with Crippen molar-refractivity contribution in [2.45, 2.75) is 51.7 Å². The molecular formula is C20H27F3N2O5. The number of aliphatic hydroxyl groups is 1. The van der Waals surface area contributed by atoms with Gasteiger partial charge in [-0.1, -0.05) is 12.1 Å². The predicted molar refractivity (Wildman–Crippen MR) is 102 cm³/mol. The monoisotopic (exact) mass is 432 g/mol. The van der Waals surface area contributed by atoms with E-state index in [-0.39, 0.29) is 19.0 Å².